The molecule has 2 rings (SSSR count). The van der Waals surface area contributed by atoms with Crippen LogP contribution in [-0.4, -0.2) is 23.1 Å². The van der Waals surface area contributed by atoms with Crippen molar-refractivity contribution in [3.63, 3.8) is 0 Å². The first kappa shape index (κ1) is 20.1. The molecule has 0 saturated heterocycles. The quantitative estimate of drug-likeness (QED) is 0.692. The molecule has 2 atom stereocenters. The topological polar surface area (TPSA) is 75.6 Å². The van der Waals surface area contributed by atoms with E-state index in [2.05, 4.69) is 5.32 Å². The summed E-state index contributed by atoms with van der Waals surface area (Å²) in [6.07, 6.45) is -0.728. The number of halogens is 2. The van der Waals surface area contributed by atoms with Crippen molar-refractivity contribution in [3.8, 4) is 5.75 Å². The number of carboxylic acids is 1. The molecule has 138 valence electrons. The molecular formula is C19H19Cl2NO4. The van der Waals surface area contributed by atoms with E-state index in [1.165, 1.54) is 0 Å². The van der Waals surface area contributed by atoms with Crippen LogP contribution in [0.4, 0.5) is 5.69 Å². The highest BCUT2D eigenvalue weighted by molar-refractivity contribution is 6.42. The highest BCUT2D eigenvalue weighted by atomic mass is 35.5. The molecule has 1 amide bonds. The highest BCUT2D eigenvalue weighted by Crippen LogP contribution is 2.32. The minimum atomic E-state index is -0.847. The fourth-order valence-corrected chi connectivity index (χ4v) is 2.67. The lowest BCUT2D eigenvalue weighted by molar-refractivity contribution is -0.137. The fraction of sp³-hybridized carbons (Fsp3) is 0.263. The van der Waals surface area contributed by atoms with Gasteiger partial charge in [0.2, 0.25) is 0 Å². The lowest BCUT2D eigenvalue weighted by Crippen LogP contribution is -2.30. The smallest absolute Gasteiger partial charge is 0.303 e. The van der Waals surface area contributed by atoms with Gasteiger partial charge in [0.25, 0.3) is 5.91 Å². The molecule has 2 N–H and O–H groups in total. The number of carbonyl (C=O) groups is 2. The Labute approximate surface area is 161 Å². The van der Waals surface area contributed by atoms with Gasteiger partial charge in [-0.3, -0.25) is 9.59 Å². The largest absolute Gasteiger partial charge is 0.481 e. The molecule has 2 unspecified atom stereocenters. The maximum absolute atomic E-state index is 12.3. The first-order valence-electron chi connectivity index (χ1n) is 8.01. The van der Waals surface area contributed by atoms with E-state index in [-0.39, 0.29) is 23.3 Å². The number of benzene rings is 2. The molecule has 0 aliphatic rings. The van der Waals surface area contributed by atoms with Gasteiger partial charge in [-0.25, -0.2) is 0 Å². The third-order valence-corrected chi connectivity index (χ3v) is 4.62. The van der Waals surface area contributed by atoms with Crippen LogP contribution in [0.5, 0.6) is 5.75 Å². The van der Waals surface area contributed by atoms with E-state index in [4.69, 9.17) is 33.0 Å². The van der Waals surface area contributed by atoms with Crippen molar-refractivity contribution >= 4 is 40.8 Å². The Morgan fingerprint density at radius 1 is 1.12 bits per heavy atom. The van der Waals surface area contributed by atoms with E-state index < -0.39 is 12.1 Å². The Balaban J connectivity index is 1.98. The summed E-state index contributed by atoms with van der Waals surface area (Å²) >= 11 is 12.0. The van der Waals surface area contributed by atoms with Gasteiger partial charge in [0, 0.05) is 5.69 Å². The number of carboxylic acid groups (broad SMARTS) is 1. The molecule has 0 aromatic heterocycles. The van der Waals surface area contributed by atoms with E-state index in [1.807, 2.05) is 6.92 Å². The predicted molar refractivity (Wildman–Crippen MR) is 102 cm³/mol. The van der Waals surface area contributed by atoms with Crippen molar-refractivity contribution in [2.75, 3.05) is 5.32 Å². The summed E-state index contributed by atoms with van der Waals surface area (Å²) in [6, 6.07) is 12.0. The van der Waals surface area contributed by atoms with E-state index in [9.17, 15) is 9.59 Å². The first-order chi connectivity index (χ1) is 12.3. The predicted octanol–water partition coefficient (Wildman–Crippen LogP) is 4.98. The van der Waals surface area contributed by atoms with Crippen molar-refractivity contribution in [3.05, 3.63) is 58.1 Å². The molecule has 0 radical (unpaired) electrons. The SMILES string of the molecule is CC(Oc1cccc(Cl)c1Cl)C(=O)Nc1ccc(C(C)CC(=O)O)cc1. The van der Waals surface area contributed by atoms with Crippen LogP contribution < -0.4 is 10.1 Å². The van der Waals surface area contributed by atoms with Gasteiger partial charge in [-0.1, -0.05) is 48.3 Å². The summed E-state index contributed by atoms with van der Waals surface area (Å²) in [5, 5.41) is 12.2. The number of hydrogen-bond donors (Lipinski definition) is 2. The molecule has 0 bridgehead atoms. The Kier molecular flexibility index (Phi) is 6.89. The van der Waals surface area contributed by atoms with E-state index in [0.29, 0.717) is 16.5 Å². The van der Waals surface area contributed by atoms with Gasteiger partial charge in [0.05, 0.1) is 11.4 Å². The first-order valence-corrected chi connectivity index (χ1v) is 8.76. The summed E-state index contributed by atoms with van der Waals surface area (Å²) in [4.78, 5) is 23.1. The summed E-state index contributed by atoms with van der Waals surface area (Å²) in [7, 11) is 0. The van der Waals surface area contributed by atoms with Crippen molar-refractivity contribution in [1.82, 2.24) is 0 Å². The van der Waals surface area contributed by atoms with Crippen LogP contribution in [-0.2, 0) is 9.59 Å². The van der Waals surface area contributed by atoms with Crippen molar-refractivity contribution in [1.29, 1.82) is 0 Å². The summed E-state index contributed by atoms with van der Waals surface area (Å²) < 4.78 is 5.57. The second-order valence-corrected chi connectivity index (χ2v) is 6.71. The maximum atomic E-state index is 12.3. The van der Waals surface area contributed by atoms with Crippen LogP contribution in [0.3, 0.4) is 0 Å². The molecule has 0 aliphatic carbocycles. The normalized spacial score (nSPS) is 12.9. The third-order valence-electron chi connectivity index (χ3n) is 3.82. The minimum Gasteiger partial charge on any atom is -0.481 e. The van der Waals surface area contributed by atoms with Crippen LogP contribution in [0, 0.1) is 0 Å². The second-order valence-electron chi connectivity index (χ2n) is 5.92. The molecular weight excluding hydrogens is 377 g/mol. The monoisotopic (exact) mass is 395 g/mol. The van der Waals surface area contributed by atoms with Gasteiger partial charge >= 0.3 is 5.97 Å². The number of anilines is 1. The molecule has 5 nitrogen and oxygen atoms in total. The molecule has 0 heterocycles. The van der Waals surface area contributed by atoms with Crippen LogP contribution in [0.2, 0.25) is 10.0 Å². The average molecular weight is 396 g/mol. The van der Waals surface area contributed by atoms with Crippen LogP contribution in [0.1, 0.15) is 31.7 Å². The zero-order valence-electron chi connectivity index (χ0n) is 14.3. The molecule has 7 heteroatoms. The summed E-state index contributed by atoms with van der Waals surface area (Å²) in [6.45, 7) is 3.45. The van der Waals surface area contributed by atoms with Crippen molar-refractivity contribution in [2.24, 2.45) is 0 Å². The molecule has 26 heavy (non-hydrogen) atoms. The Hall–Kier alpha value is -2.24. The standard InChI is InChI=1S/C19H19Cl2NO4/c1-11(10-17(23)24)13-6-8-14(9-7-13)22-19(25)12(2)26-16-5-3-4-15(20)18(16)21/h3-9,11-12H,10H2,1-2H3,(H,22,25)(H,23,24). The molecule has 2 aromatic rings. The van der Waals surface area contributed by atoms with Crippen molar-refractivity contribution < 1.29 is 19.4 Å². The molecule has 0 spiro atoms. The number of ether oxygens (including phenoxy) is 1. The van der Waals surface area contributed by atoms with Gasteiger partial charge in [0.15, 0.2) is 6.10 Å². The molecule has 0 aliphatic heterocycles. The maximum Gasteiger partial charge on any atom is 0.303 e. The second kappa shape index (κ2) is 8.92. The minimum absolute atomic E-state index is 0.0526. The number of hydrogen-bond acceptors (Lipinski definition) is 3. The van der Waals surface area contributed by atoms with E-state index in [0.717, 1.165) is 5.56 Å². The molecule has 0 saturated carbocycles. The summed E-state index contributed by atoms with van der Waals surface area (Å²) in [5.74, 6) is -0.961. The summed E-state index contributed by atoms with van der Waals surface area (Å²) in [5.41, 5.74) is 1.48. The highest BCUT2D eigenvalue weighted by Gasteiger charge is 2.17. The van der Waals surface area contributed by atoms with E-state index in [1.54, 1.807) is 49.4 Å². The molecule has 0 fully saturated rings. The van der Waals surface area contributed by atoms with Gasteiger partial charge in [-0.15, -0.1) is 0 Å². The fourth-order valence-electron chi connectivity index (χ4n) is 2.34. The number of carbonyl (C=O) groups excluding carboxylic acids is 1. The molecule has 2 aromatic carbocycles. The van der Waals surface area contributed by atoms with Gasteiger partial charge in [0.1, 0.15) is 10.8 Å². The number of rotatable bonds is 7. The zero-order chi connectivity index (χ0) is 19.3. The Morgan fingerprint density at radius 3 is 2.38 bits per heavy atom. The number of aliphatic carboxylic acids is 1. The van der Waals surface area contributed by atoms with E-state index >= 15 is 0 Å². The van der Waals surface area contributed by atoms with Crippen molar-refractivity contribution in [2.45, 2.75) is 32.3 Å². The van der Waals surface area contributed by atoms with Crippen LogP contribution >= 0.6 is 23.2 Å². The van der Waals surface area contributed by atoms with Crippen LogP contribution in [0.25, 0.3) is 0 Å². The van der Waals surface area contributed by atoms with Gasteiger partial charge in [-0.05, 0) is 42.7 Å². The zero-order valence-corrected chi connectivity index (χ0v) is 15.8. The van der Waals surface area contributed by atoms with Gasteiger partial charge < -0.3 is 15.2 Å². The Morgan fingerprint density at radius 2 is 1.77 bits per heavy atom. The van der Waals surface area contributed by atoms with Gasteiger partial charge in [-0.2, -0.15) is 0 Å². The third kappa shape index (κ3) is 5.38. The van der Waals surface area contributed by atoms with Crippen LogP contribution in [0.15, 0.2) is 42.5 Å². The lowest BCUT2D eigenvalue weighted by Gasteiger charge is -2.16. The average Bonchev–Trinajstić information content (AvgIpc) is 2.59. The Bertz CT molecular complexity index is 793. The number of nitrogens with one attached hydrogen (secondary N) is 1. The lowest BCUT2D eigenvalue weighted by atomic mass is 9.98. The number of amides is 1.